The molecule has 192 valence electrons. The van der Waals surface area contributed by atoms with Crippen LogP contribution in [-0.4, -0.2) is 57.1 Å². The lowest BCUT2D eigenvalue weighted by Crippen LogP contribution is -2.56. The van der Waals surface area contributed by atoms with Gasteiger partial charge in [0, 0.05) is 36.8 Å². The van der Waals surface area contributed by atoms with Crippen molar-refractivity contribution in [2.24, 2.45) is 4.99 Å². The van der Waals surface area contributed by atoms with Crippen LogP contribution in [0.25, 0.3) is 11.3 Å². The minimum atomic E-state index is -0.676. The number of carbonyl (C=O) groups excluding carboxylic acids is 1. The number of amides is 1. The van der Waals surface area contributed by atoms with Crippen LogP contribution < -0.4 is 27.7 Å². The van der Waals surface area contributed by atoms with Crippen LogP contribution in [0.3, 0.4) is 0 Å². The summed E-state index contributed by atoms with van der Waals surface area (Å²) in [5, 5.41) is 10.2. The van der Waals surface area contributed by atoms with Gasteiger partial charge in [-0.2, -0.15) is 0 Å². The van der Waals surface area contributed by atoms with Crippen molar-refractivity contribution in [2.45, 2.75) is 31.2 Å². The van der Waals surface area contributed by atoms with Crippen LogP contribution in [0.15, 0.2) is 63.0 Å². The molecule has 1 aromatic carbocycles. The molecule has 5 rings (SSSR count). The topological polar surface area (TPSA) is 181 Å². The van der Waals surface area contributed by atoms with E-state index >= 15 is 0 Å². The van der Waals surface area contributed by atoms with Gasteiger partial charge in [0.15, 0.2) is 23.3 Å². The molecule has 1 fully saturated rings. The van der Waals surface area contributed by atoms with Gasteiger partial charge in [-0.05, 0) is 19.3 Å². The molecule has 4 heterocycles. The Hall–Kier alpha value is -4.61. The molecule has 12 heteroatoms. The largest absolute Gasteiger partial charge is 0.382 e. The maximum absolute atomic E-state index is 12.6. The fourth-order valence-electron chi connectivity index (χ4n) is 4.59. The van der Waals surface area contributed by atoms with Gasteiger partial charge in [-0.15, -0.1) is 0 Å². The van der Waals surface area contributed by atoms with E-state index in [0.29, 0.717) is 12.5 Å². The molecule has 1 spiro atoms. The Morgan fingerprint density at radius 3 is 2.70 bits per heavy atom. The number of H-pyrrole nitrogens is 1. The Kier molecular flexibility index (Phi) is 6.38. The second kappa shape index (κ2) is 9.80. The van der Waals surface area contributed by atoms with Gasteiger partial charge in [0.25, 0.3) is 11.5 Å². The fourth-order valence-corrected chi connectivity index (χ4v) is 4.59. The van der Waals surface area contributed by atoms with Crippen LogP contribution in [0.4, 0.5) is 11.6 Å². The molecule has 0 atom stereocenters. The van der Waals surface area contributed by atoms with Crippen LogP contribution in [0.1, 0.15) is 35.5 Å². The van der Waals surface area contributed by atoms with Crippen molar-refractivity contribution in [1.29, 1.82) is 0 Å². The quantitative estimate of drug-likeness (QED) is 0.331. The standard InChI is InChI=1S/C25H29N9O3/c1-15(7-8-17-13-18(33-37-17)16-5-3-2-4-6-16)34-11-9-25(10-12-34)14-28-24(32-25)31-22(35)19-20(26)30-21(27)23(36)29-19/h2-6,13H,1,7-12,14H2,(H,29,36)(H4,26,27,30)(H2,28,31,32,35). The maximum Gasteiger partial charge on any atom is 0.291 e. The van der Waals surface area contributed by atoms with Gasteiger partial charge < -0.3 is 31.2 Å². The van der Waals surface area contributed by atoms with Gasteiger partial charge in [0.1, 0.15) is 11.5 Å². The molecule has 0 bridgehead atoms. The third kappa shape index (κ3) is 5.17. The first-order valence-corrected chi connectivity index (χ1v) is 12.0. The lowest BCUT2D eigenvalue weighted by molar-refractivity contribution is 0.0971. The molecule has 2 aromatic heterocycles. The number of rotatable bonds is 6. The second-order valence-corrected chi connectivity index (χ2v) is 9.33. The number of nitrogens with two attached hydrogens (primary N) is 2. The smallest absolute Gasteiger partial charge is 0.291 e. The Morgan fingerprint density at radius 1 is 1.19 bits per heavy atom. The number of aromatic amines is 1. The number of piperidine rings is 1. The van der Waals surface area contributed by atoms with Gasteiger partial charge in [-0.25, -0.2) is 4.98 Å². The first-order valence-electron chi connectivity index (χ1n) is 12.0. The third-order valence-electron chi connectivity index (χ3n) is 6.81. The monoisotopic (exact) mass is 503 g/mol. The Bertz CT molecular complexity index is 1400. The predicted molar refractivity (Wildman–Crippen MR) is 140 cm³/mol. The summed E-state index contributed by atoms with van der Waals surface area (Å²) in [6, 6.07) is 11.9. The Balaban J connectivity index is 1.10. The van der Waals surface area contributed by atoms with E-state index in [1.165, 1.54) is 0 Å². The molecule has 1 amide bonds. The van der Waals surface area contributed by atoms with Crippen molar-refractivity contribution < 1.29 is 9.32 Å². The number of aromatic nitrogens is 3. The molecule has 0 radical (unpaired) electrons. The molecule has 12 nitrogen and oxygen atoms in total. The molecule has 2 aliphatic heterocycles. The molecule has 37 heavy (non-hydrogen) atoms. The SMILES string of the molecule is C=C(CCc1cc(-c2ccccc2)no1)N1CCC2(CC1)CN=C(NC(=O)c1[nH]c(=O)c(N)nc1N)N2. The van der Waals surface area contributed by atoms with E-state index in [1.807, 2.05) is 36.4 Å². The highest BCUT2D eigenvalue weighted by Gasteiger charge is 2.39. The van der Waals surface area contributed by atoms with Crippen molar-refractivity contribution in [3.05, 3.63) is 70.5 Å². The summed E-state index contributed by atoms with van der Waals surface area (Å²) in [7, 11) is 0. The highest BCUT2D eigenvalue weighted by Crippen LogP contribution is 2.28. The molecule has 3 aromatic rings. The summed E-state index contributed by atoms with van der Waals surface area (Å²) in [4.78, 5) is 37.1. The third-order valence-corrected chi connectivity index (χ3v) is 6.81. The number of likely N-dealkylation sites (tertiary alicyclic amines) is 1. The van der Waals surface area contributed by atoms with E-state index in [0.717, 1.165) is 61.5 Å². The number of nitrogens with one attached hydrogen (secondary N) is 3. The minimum Gasteiger partial charge on any atom is -0.382 e. The zero-order valence-corrected chi connectivity index (χ0v) is 20.3. The second-order valence-electron chi connectivity index (χ2n) is 9.33. The molecular weight excluding hydrogens is 474 g/mol. The number of nitrogen functional groups attached to an aromatic ring is 2. The summed E-state index contributed by atoms with van der Waals surface area (Å²) < 4.78 is 5.52. The number of nitrogens with zero attached hydrogens (tertiary/aromatic N) is 4. The summed E-state index contributed by atoms with van der Waals surface area (Å²) >= 11 is 0. The van der Waals surface area contributed by atoms with Crippen LogP contribution in [-0.2, 0) is 6.42 Å². The van der Waals surface area contributed by atoms with Crippen LogP contribution in [0, 0.1) is 0 Å². The summed E-state index contributed by atoms with van der Waals surface area (Å²) in [6.45, 7) is 6.45. The highest BCUT2D eigenvalue weighted by atomic mass is 16.5. The average molecular weight is 504 g/mol. The highest BCUT2D eigenvalue weighted by molar-refractivity contribution is 6.07. The van der Waals surface area contributed by atoms with Crippen molar-refractivity contribution >= 4 is 23.5 Å². The number of guanidine groups is 1. The van der Waals surface area contributed by atoms with Crippen molar-refractivity contribution in [3.63, 3.8) is 0 Å². The normalized spacial score (nSPS) is 16.3. The number of aryl methyl sites for hydroxylation is 1. The summed E-state index contributed by atoms with van der Waals surface area (Å²) in [5.41, 5.74) is 13.0. The van der Waals surface area contributed by atoms with Crippen LogP contribution >= 0.6 is 0 Å². The number of allylic oxidation sites excluding steroid dienone is 1. The Morgan fingerprint density at radius 2 is 1.95 bits per heavy atom. The fraction of sp³-hybridized carbons (Fsp3) is 0.320. The zero-order chi connectivity index (χ0) is 26.0. The first kappa shape index (κ1) is 24.1. The molecular formula is C25H29N9O3. The summed E-state index contributed by atoms with van der Waals surface area (Å²) in [6.07, 6.45) is 3.16. The van der Waals surface area contributed by atoms with E-state index in [4.69, 9.17) is 16.0 Å². The molecule has 2 aliphatic rings. The number of anilines is 2. The van der Waals surface area contributed by atoms with Crippen molar-refractivity contribution in [3.8, 4) is 11.3 Å². The number of aliphatic imine (C=N–C) groups is 1. The van der Waals surface area contributed by atoms with Gasteiger partial charge in [-0.1, -0.05) is 42.1 Å². The minimum absolute atomic E-state index is 0.154. The van der Waals surface area contributed by atoms with Crippen LogP contribution in [0.5, 0.6) is 0 Å². The molecule has 7 N–H and O–H groups in total. The number of hydrogen-bond donors (Lipinski definition) is 5. The van der Waals surface area contributed by atoms with E-state index < -0.39 is 11.5 Å². The van der Waals surface area contributed by atoms with Gasteiger partial charge in [0.05, 0.1) is 12.1 Å². The number of benzene rings is 1. The van der Waals surface area contributed by atoms with Gasteiger partial charge in [0.2, 0.25) is 0 Å². The van der Waals surface area contributed by atoms with Crippen LogP contribution in [0.2, 0.25) is 0 Å². The molecule has 0 aliphatic carbocycles. The average Bonchev–Trinajstić information content (AvgIpc) is 3.53. The lowest BCUT2D eigenvalue weighted by atomic mass is 9.88. The van der Waals surface area contributed by atoms with Gasteiger partial charge in [-0.3, -0.25) is 19.9 Å². The van der Waals surface area contributed by atoms with Crippen molar-refractivity contribution in [1.82, 2.24) is 30.7 Å². The van der Waals surface area contributed by atoms with Crippen molar-refractivity contribution in [2.75, 3.05) is 31.1 Å². The zero-order valence-electron chi connectivity index (χ0n) is 20.3. The van der Waals surface area contributed by atoms with E-state index in [-0.39, 0.29) is 22.9 Å². The maximum atomic E-state index is 12.6. The molecule has 0 unspecified atom stereocenters. The number of hydrogen-bond acceptors (Lipinski definition) is 10. The molecule has 0 saturated carbocycles. The van der Waals surface area contributed by atoms with E-state index in [2.05, 4.69) is 42.2 Å². The predicted octanol–water partition coefficient (Wildman–Crippen LogP) is 1.26. The Labute approximate surface area is 212 Å². The first-order chi connectivity index (χ1) is 17.8. The molecule has 1 saturated heterocycles. The number of carbonyl (C=O) groups is 1. The van der Waals surface area contributed by atoms with E-state index in [1.54, 1.807) is 0 Å². The summed E-state index contributed by atoms with van der Waals surface area (Å²) in [5.74, 6) is 0.109. The lowest BCUT2D eigenvalue weighted by Gasteiger charge is -2.41. The van der Waals surface area contributed by atoms with E-state index in [9.17, 15) is 9.59 Å². The van der Waals surface area contributed by atoms with Gasteiger partial charge >= 0.3 is 0 Å².